The summed E-state index contributed by atoms with van der Waals surface area (Å²) in [5.74, 6) is 0.146. The van der Waals surface area contributed by atoms with E-state index in [0.717, 1.165) is 0 Å². The van der Waals surface area contributed by atoms with Crippen molar-refractivity contribution in [2.75, 3.05) is 43.2 Å². The maximum Gasteiger partial charge on any atom is 0.300 e. The van der Waals surface area contributed by atoms with Gasteiger partial charge in [0.15, 0.2) is 17.3 Å². The number of rotatable bonds is 4. The normalized spacial score (nSPS) is 18.8. The molecule has 0 unspecified atom stereocenters. The van der Waals surface area contributed by atoms with Gasteiger partial charge in [-0.05, 0) is 18.9 Å². The Morgan fingerprint density at radius 3 is 2.55 bits per heavy atom. The van der Waals surface area contributed by atoms with Gasteiger partial charge < -0.3 is 14.8 Å². The average molecular weight is 423 g/mol. The molecule has 0 atom stereocenters. The third kappa shape index (κ3) is 3.70. The number of fused-ring (bicyclic) bond motifs is 2. The zero-order chi connectivity index (χ0) is 21.4. The van der Waals surface area contributed by atoms with Crippen LogP contribution >= 0.6 is 0 Å². The van der Waals surface area contributed by atoms with Crippen LogP contribution in [0.1, 0.15) is 23.2 Å². The lowest BCUT2D eigenvalue weighted by atomic mass is 9.96. The topological polar surface area (TPSA) is 114 Å². The standard InChI is InChI=1S/C21H21N5O5/c27-19-14-9-16-17(31-8-7-30-16)10-15(14)26(21(19)29)12-25-5-1-13(2-6-25)20(28)24-18-11-22-3-4-23-18/h3-4,9-11,13H,1-2,5-8,12H2,(H,23,24,28). The van der Waals surface area contributed by atoms with E-state index in [1.165, 1.54) is 17.3 Å². The predicted molar refractivity (Wildman–Crippen MR) is 109 cm³/mol. The van der Waals surface area contributed by atoms with Gasteiger partial charge in [-0.25, -0.2) is 4.98 Å². The minimum Gasteiger partial charge on any atom is -0.486 e. The average Bonchev–Trinajstić information content (AvgIpc) is 3.03. The van der Waals surface area contributed by atoms with Gasteiger partial charge in [0.1, 0.15) is 13.2 Å². The first kappa shape index (κ1) is 19.4. The van der Waals surface area contributed by atoms with Crippen LogP contribution in [-0.4, -0.2) is 65.4 Å². The molecular formula is C21H21N5O5. The molecule has 1 saturated heterocycles. The summed E-state index contributed by atoms with van der Waals surface area (Å²) in [7, 11) is 0. The van der Waals surface area contributed by atoms with Crippen LogP contribution in [0, 0.1) is 5.92 Å². The van der Waals surface area contributed by atoms with Crippen LogP contribution in [-0.2, 0) is 9.59 Å². The molecule has 2 amide bonds. The zero-order valence-electron chi connectivity index (χ0n) is 16.7. The Balaban J connectivity index is 1.23. The lowest BCUT2D eigenvalue weighted by Crippen LogP contribution is -2.45. The number of likely N-dealkylation sites (tertiary alicyclic amines) is 1. The Kier molecular flexibility index (Phi) is 4.99. The number of aromatic nitrogens is 2. The second kappa shape index (κ2) is 7.95. The number of carbonyl (C=O) groups excluding carboxylic acids is 3. The molecule has 0 aliphatic carbocycles. The summed E-state index contributed by atoms with van der Waals surface area (Å²) in [6, 6.07) is 3.29. The number of nitrogens with one attached hydrogen (secondary N) is 1. The second-order valence-corrected chi connectivity index (χ2v) is 7.69. The van der Waals surface area contributed by atoms with E-state index in [1.54, 1.807) is 18.3 Å². The molecule has 1 aromatic carbocycles. The van der Waals surface area contributed by atoms with Gasteiger partial charge in [0.05, 0.1) is 24.1 Å². The molecule has 3 aliphatic heterocycles. The van der Waals surface area contributed by atoms with Crippen molar-refractivity contribution >= 4 is 29.1 Å². The van der Waals surface area contributed by atoms with Crippen LogP contribution in [0.3, 0.4) is 0 Å². The molecule has 5 rings (SSSR count). The fraction of sp³-hybridized carbons (Fsp3) is 0.381. The van der Waals surface area contributed by atoms with Crippen LogP contribution in [0.15, 0.2) is 30.7 Å². The molecule has 0 bridgehead atoms. The molecular weight excluding hydrogens is 402 g/mol. The Hall–Kier alpha value is -3.53. The molecule has 1 fully saturated rings. The second-order valence-electron chi connectivity index (χ2n) is 7.69. The van der Waals surface area contributed by atoms with Crippen molar-refractivity contribution in [3.63, 3.8) is 0 Å². The number of anilines is 2. The molecule has 0 saturated carbocycles. The van der Waals surface area contributed by atoms with Crippen LogP contribution < -0.4 is 19.7 Å². The van der Waals surface area contributed by atoms with Crippen molar-refractivity contribution in [1.82, 2.24) is 14.9 Å². The fourth-order valence-electron chi connectivity index (χ4n) is 4.10. The lowest BCUT2D eigenvalue weighted by Gasteiger charge is -2.34. The van der Waals surface area contributed by atoms with Gasteiger partial charge >= 0.3 is 5.91 Å². The van der Waals surface area contributed by atoms with E-state index in [4.69, 9.17) is 9.47 Å². The SMILES string of the molecule is O=C1C(=O)N(CN2CCC(C(=O)Nc3cnccn3)CC2)c2cc3c(cc21)OCCO3. The monoisotopic (exact) mass is 423 g/mol. The van der Waals surface area contributed by atoms with E-state index in [-0.39, 0.29) is 18.5 Å². The number of nitrogens with zero attached hydrogens (tertiary/aromatic N) is 4. The van der Waals surface area contributed by atoms with Crippen molar-refractivity contribution in [2.24, 2.45) is 5.92 Å². The number of amides is 2. The Bertz CT molecular complexity index is 1040. The zero-order valence-corrected chi connectivity index (χ0v) is 16.7. The molecule has 3 aliphatic rings. The highest BCUT2D eigenvalue weighted by Crippen LogP contribution is 2.40. The first-order valence-electron chi connectivity index (χ1n) is 10.2. The van der Waals surface area contributed by atoms with E-state index in [1.807, 2.05) is 0 Å². The van der Waals surface area contributed by atoms with E-state index in [9.17, 15) is 14.4 Å². The highest BCUT2D eigenvalue weighted by Gasteiger charge is 2.39. The number of carbonyl (C=O) groups is 3. The van der Waals surface area contributed by atoms with Gasteiger partial charge in [-0.3, -0.25) is 29.2 Å². The molecule has 2 aromatic rings. The maximum absolute atomic E-state index is 12.6. The molecule has 0 spiro atoms. The summed E-state index contributed by atoms with van der Waals surface area (Å²) in [6.45, 7) is 2.40. The summed E-state index contributed by atoms with van der Waals surface area (Å²) >= 11 is 0. The quantitative estimate of drug-likeness (QED) is 0.727. The van der Waals surface area contributed by atoms with Gasteiger partial charge in [-0.15, -0.1) is 0 Å². The van der Waals surface area contributed by atoms with E-state index < -0.39 is 11.7 Å². The predicted octanol–water partition coefficient (Wildman–Crippen LogP) is 1.09. The molecule has 0 radical (unpaired) electrons. The Labute approximate surface area is 178 Å². The van der Waals surface area contributed by atoms with Gasteiger partial charge in [0.25, 0.3) is 5.78 Å². The van der Waals surface area contributed by atoms with Crippen LogP contribution in [0.25, 0.3) is 0 Å². The molecule has 160 valence electrons. The molecule has 10 nitrogen and oxygen atoms in total. The minimum absolute atomic E-state index is 0.0818. The van der Waals surface area contributed by atoms with Gasteiger partial charge in [-0.2, -0.15) is 0 Å². The molecule has 1 aromatic heterocycles. The number of hydrogen-bond acceptors (Lipinski definition) is 8. The first-order valence-corrected chi connectivity index (χ1v) is 10.2. The Morgan fingerprint density at radius 2 is 1.84 bits per heavy atom. The van der Waals surface area contributed by atoms with Gasteiger partial charge in [0, 0.05) is 37.5 Å². The van der Waals surface area contributed by atoms with Crippen molar-refractivity contribution < 1.29 is 23.9 Å². The molecule has 10 heteroatoms. The maximum atomic E-state index is 12.6. The van der Waals surface area contributed by atoms with Crippen LogP contribution in [0.2, 0.25) is 0 Å². The molecule has 1 N–H and O–H groups in total. The summed E-state index contributed by atoms with van der Waals surface area (Å²) in [4.78, 5) is 49.1. The summed E-state index contributed by atoms with van der Waals surface area (Å²) in [6.07, 6.45) is 5.88. The third-order valence-corrected chi connectivity index (χ3v) is 5.75. The fourth-order valence-corrected chi connectivity index (χ4v) is 4.10. The molecule has 4 heterocycles. The Morgan fingerprint density at radius 1 is 1.10 bits per heavy atom. The van der Waals surface area contributed by atoms with Crippen molar-refractivity contribution in [3.05, 3.63) is 36.3 Å². The minimum atomic E-state index is -0.556. The smallest absolute Gasteiger partial charge is 0.300 e. The van der Waals surface area contributed by atoms with Gasteiger partial charge in [-0.1, -0.05) is 0 Å². The van der Waals surface area contributed by atoms with Crippen LogP contribution in [0.5, 0.6) is 11.5 Å². The highest BCUT2D eigenvalue weighted by molar-refractivity contribution is 6.52. The van der Waals surface area contributed by atoms with Crippen molar-refractivity contribution in [2.45, 2.75) is 12.8 Å². The van der Waals surface area contributed by atoms with E-state index in [2.05, 4.69) is 20.2 Å². The third-order valence-electron chi connectivity index (χ3n) is 5.75. The number of piperidine rings is 1. The number of ketones is 1. The number of Topliss-reactive ketones (excluding diaryl/α,β-unsaturated/α-hetero) is 1. The van der Waals surface area contributed by atoms with Crippen molar-refractivity contribution in [1.29, 1.82) is 0 Å². The summed E-state index contributed by atoms with van der Waals surface area (Å²) in [5, 5.41) is 2.79. The lowest BCUT2D eigenvalue weighted by molar-refractivity contribution is -0.121. The van der Waals surface area contributed by atoms with E-state index >= 15 is 0 Å². The number of ether oxygens (including phenoxy) is 2. The number of hydrogen-bond donors (Lipinski definition) is 1. The first-order chi connectivity index (χ1) is 15.1. The largest absolute Gasteiger partial charge is 0.486 e. The van der Waals surface area contributed by atoms with Crippen molar-refractivity contribution in [3.8, 4) is 11.5 Å². The highest BCUT2D eigenvalue weighted by atomic mass is 16.6. The van der Waals surface area contributed by atoms with Crippen LogP contribution in [0.4, 0.5) is 11.5 Å². The summed E-state index contributed by atoms with van der Waals surface area (Å²) < 4.78 is 11.1. The van der Waals surface area contributed by atoms with Gasteiger partial charge in [0.2, 0.25) is 5.91 Å². The summed E-state index contributed by atoms with van der Waals surface area (Å²) in [5.41, 5.74) is 0.884. The van der Waals surface area contributed by atoms with E-state index in [0.29, 0.717) is 67.7 Å². The number of benzene rings is 1. The molecule has 31 heavy (non-hydrogen) atoms.